The Balaban J connectivity index is 2.59. The summed E-state index contributed by atoms with van der Waals surface area (Å²) in [4.78, 5) is 56.3. The van der Waals surface area contributed by atoms with Crippen LogP contribution in [0, 0.1) is 4.91 Å². The van der Waals surface area contributed by atoms with Crippen LogP contribution in [0.25, 0.3) is 0 Å². The SMILES string of the molecule is O=NC(=O)CNC(=O)C(COCc1ccccc1)NC(=O)C[NH2+]C(=O)CI. The molecular weight excluding hydrogens is 471 g/mol. The van der Waals surface area contributed by atoms with Gasteiger partial charge in [0.15, 0.2) is 6.54 Å². The van der Waals surface area contributed by atoms with E-state index in [4.69, 9.17) is 4.74 Å². The summed E-state index contributed by atoms with van der Waals surface area (Å²) in [6.45, 7) is -0.698. The van der Waals surface area contributed by atoms with E-state index >= 15 is 0 Å². The molecule has 0 radical (unpaired) electrons. The number of halogens is 1. The van der Waals surface area contributed by atoms with Crippen molar-refractivity contribution in [2.45, 2.75) is 12.6 Å². The highest BCUT2D eigenvalue weighted by Crippen LogP contribution is 2.01. The molecule has 1 atom stereocenters. The van der Waals surface area contributed by atoms with E-state index in [0.717, 1.165) is 5.56 Å². The first-order valence-electron chi connectivity index (χ1n) is 7.93. The number of nitroso groups, excluding NO2 is 1. The molecule has 1 rings (SSSR count). The van der Waals surface area contributed by atoms with Gasteiger partial charge in [-0.2, -0.15) is 0 Å². The average molecular weight is 491 g/mol. The van der Waals surface area contributed by atoms with E-state index in [1.165, 1.54) is 5.32 Å². The maximum absolute atomic E-state index is 12.2. The van der Waals surface area contributed by atoms with Gasteiger partial charge >= 0.3 is 11.8 Å². The number of amides is 4. The number of nitrogens with one attached hydrogen (secondary N) is 2. The number of alkyl halides is 1. The monoisotopic (exact) mass is 491 g/mol. The Labute approximate surface area is 168 Å². The Morgan fingerprint density at radius 2 is 1.89 bits per heavy atom. The molecule has 0 aliphatic heterocycles. The molecule has 146 valence electrons. The van der Waals surface area contributed by atoms with E-state index in [1.54, 1.807) is 0 Å². The van der Waals surface area contributed by atoms with Crippen LogP contribution in [0.15, 0.2) is 35.5 Å². The molecule has 0 spiro atoms. The molecule has 1 aromatic rings. The number of hydrogen-bond donors (Lipinski definition) is 3. The first-order chi connectivity index (χ1) is 13.0. The predicted molar refractivity (Wildman–Crippen MR) is 103 cm³/mol. The number of primary amides is 1. The standard InChI is InChI=1S/C16H19IN4O6/c17-6-13(22)18-7-14(23)20-12(16(25)19-8-15(24)21-26)10-27-9-11-4-2-1-3-5-11/h1-5,12H,6-10H2,(H,18,22)(H,19,25)(H,20,23)/p+1. The zero-order chi connectivity index (χ0) is 20.1. The van der Waals surface area contributed by atoms with Crippen molar-refractivity contribution >= 4 is 46.2 Å². The lowest BCUT2D eigenvalue weighted by Crippen LogP contribution is -2.90. The van der Waals surface area contributed by atoms with Crippen molar-refractivity contribution in [3.8, 4) is 0 Å². The number of ether oxygens (including phenoxy) is 1. The Morgan fingerprint density at radius 1 is 1.19 bits per heavy atom. The Bertz CT molecular complexity index is 670. The molecule has 0 saturated heterocycles. The number of rotatable bonds is 11. The van der Waals surface area contributed by atoms with Crippen molar-refractivity contribution < 1.29 is 29.2 Å². The summed E-state index contributed by atoms with van der Waals surface area (Å²) in [6, 6.07) is 8.11. The number of nitrogens with two attached hydrogens (primary N) is 1. The fraction of sp³-hybridized carbons (Fsp3) is 0.375. The van der Waals surface area contributed by atoms with Gasteiger partial charge < -0.3 is 15.4 Å². The van der Waals surface area contributed by atoms with E-state index < -0.39 is 30.3 Å². The summed E-state index contributed by atoms with van der Waals surface area (Å²) in [6.07, 6.45) is 0. The van der Waals surface area contributed by atoms with Gasteiger partial charge in [0.25, 0.3) is 5.91 Å². The van der Waals surface area contributed by atoms with Gasteiger partial charge in [-0.3, -0.25) is 19.7 Å². The number of benzene rings is 1. The Morgan fingerprint density at radius 3 is 2.52 bits per heavy atom. The molecule has 11 heteroatoms. The van der Waals surface area contributed by atoms with Crippen LogP contribution in [0.2, 0.25) is 0 Å². The molecule has 0 aliphatic rings. The van der Waals surface area contributed by atoms with Crippen LogP contribution < -0.4 is 16.0 Å². The van der Waals surface area contributed by atoms with Gasteiger partial charge in [0, 0.05) is 5.18 Å². The third-order valence-corrected chi connectivity index (χ3v) is 3.96. The minimum atomic E-state index is -1.09. The van der Waals surface area contributed by atoms with Gasteiger partial charge in [-0.1, -0.05) is 52.9 Å². The quantitative estimate of drug-likeness (QED) is 0.198. The van der Waals surface area contributed by atoms with Crippen LogP contribution in [-0.4, -0.2) is 53.8 Å². The second-order valence-electron chi connectivity index (χ2n) is 5.33. The zero-order valence-corrected chi connectivity index (χ0v) is 16.5. The van der Waals surface area contributed by atoms with E-state index in [1.807, 2.05) is 52.9 Å². The first-order valence-corrected chi connectivity index (χ1v) is 9.45. The van der Waals surface area contributed by atoms with Gasteiger partial charge in [-0.25, -0.2) is 4.79 Å². The third-order valence-electron chi connectivity index (χ3n) is 3.21. The van der Waals surface area contributed by atoms with Crippen LogP contribution >= 0.6 is 22.6 Å². The molecule has 1 aromatic carbocycles. The summed E-state index contributed by atoms with van der Waals surface area (Å²) in [5.74, 6) is -2.49. The lowest BCUT2D eigenvalue weighted by Gasteiger charge is -2.17. The maximum atomic E-state index is 12.2. The zero-order valence-electron chi connectivity index (χ0n) is 14.4. The summed E-state index contributed by atoms with van der Waals surface area (Å²) in [5, 5.41) is 8.05. The molecule has 0 aliphatic carbocycles. The van der Waals surface area contributed by atoms with Crippen LogP contribution in [0.4, 0.5) is 0 Å². The van der Waals surface area contributed by atoms with Crippen molar-refractivity contribution in [3.05, 3.63) is 40.8 Å². The molecule has 27 heavy (non-hydrogen) atoms. The van der Waals surface area contributed by atoms with Crippen molar-refractivity contribution in [1.82, 2.24) is 10.6 Å². The lowest BCUT2D eigenvalue weighted by atomic mass is 10.2. The smallest absolute Gasteiger partial charge is 0.320 e. The van der Waals surface area contributed by atoms with E-state index in [0.29, 0.717) is 0 Å². The molecule has 1 unspecified atom stereocenters. The highest BCUT2D eigenvalue weighted by molar-refractivity contribution is 14.1. The Kier molecular flexibility index (Phi) is 11.0. The van der Waals surface area contributed by atoms with Crippen molar-refractivity contribution in [2.75, 3.05) is 24.1 Å². The van der Waals surface area contributed by atoms with Crippen LogP contribution in [0.5, 0.6) is 0 Å². The second kappa shape index (κ2) is 13.0. The van der Waals surface area contributed by atoms with Crippen molar-refractivity contribution in [2.24, 2.45) is 5.18 Å². The van der Waals surface area contributed by atoms with Gasteiger partial charge in [-0.05, 0) is 5.56 Å². The lowest BCUT2D eigenvalue weighted by molar-refractivity contribution is -0.555. The van der Waals surface area contributed by atoms with Gasteiger partial charge in [0.1, 0.15) is 17.0 Å². The molecule has 4 N–H and O–H groups in total. The number of carbonyl (C=O) groups is 4. The van der Waals surface area contributed by atoms with Gasteiger partial charge in [0.2, 0.25) is 5.91 Å². The summed E-state index contributed by atoms with van der Waals surface area (Å²) in [5.41, 5.74) is 0.879. The minimum Gasteiger partial charge on any atom is -0.374 e. The van der Waals surface area contributed by atoms with E-state index in [2.05, 4.69) is 15.8 Å². The highest BCUT2D eigenvalue weighted by Gasteiger charge is 2.23. The number of quaternary nitrogens is 1. The van der Waals surface area contributed by atoms with Crippen molar-refractivity contribution in [1.29, 1.82) is 0 Å². The molecule has 0 saturated carbocycles. The van der Waals surface area contributed by atoms with E-state index in [-0.39, 0.29) is 30.1 Å². The molecule has 0 heterocycles. The van der Waals surface area contributed by atoms with Crippen LogP contribution in [0.3, 0.4) is 0 Å². The van der Waals surface area contributed by atoms with Gasteiger partial charge in [0.05, 0.1) is 13.2 Å². The topological polar surface area (TPSA) is 148 Å². The molecule has 4 amide bonds. The number of hydrogen-bond acceptors (Lipinski definition) is 6. The first kappa shape index (κ1) is 22.8. The molecule has 10 nitrogen and oxygen atoms in total. The summed E-state index contributed by atoms with van der Waals surface area (Å²) < 4.78 is 5.71. The molecular formula is C16H20IN4O6+. The number of carbonyl (C=O) groups excluding carboxylic acids is 4. The summed E-state index contributed by atoms with van der Waals surface area (Å²) in [7, 11) is 0. The van der Waals surface area contributed by atoms with Crippen LogP contribution in [-0.2, 0) is 30.5 Å². The molecule has 0 bridgehead atoms. The van der Waals surface area contributed by atoms with Crippen LogP contribution in [0.1, 0.15) is 5.56 Å². The Hall–Kier alpha value is -2.25. The highest BCUT2D eigenvalue weighted by atomic mass is 127. The third kappa shape index (κ3) is 9.86. The minimum absolute atomic E-state index is 0.157. The number of nitrogens with zero attached hydrogens (tertiary/aromatic N) is 1. The predicted octanol–water partition coefficient (Wildman–Crippen LogP) is -1.38. The normalized spacial score (nSPS) is 11.3. The van der Waals surface area contributed by atoms with Gasteiger partial charge in [-0.15, -0.1) is 4.91 Å². The fourth-order valence-corrected chi connectivity index (χ4v) is 2.20. The maximum Gasteiger partial charge on any atom is 0.320 e. The molecule has 0 aromatic heterocycles. The second-order valence-corrected chi connectivity index (χ2v) is 6.09. The van der Waals surface area contributed by atoms with Crippen molar-refractivity contribution in [3.63, 3.8) is 0 Å². The van der Waals surface area contributed by atoms with E-state index in [9.17, 15) is 24.1 Å². The average Bonchev–Trinajstić information content (AvgIpc) is 2.69. The molecule has 0 fully saturated rings. The fourth-order valence-electron chi connectivity index (χ4n) is 1.88. The largest absolute Gasteiger partial charge is 0.374 e. The summed E-state index contributed by atoms with van der Waals surface area (Å²) >= 11 is 1.88.